The predicted octanol–water partition coefficient (Wildman–Crippen LogP) is 3.25. The second kappa shape index (κ2) is 8.23. The largest absolute Gasteiger partial charge is 0.311 e. The highest BCUT2D eigenvalue weighted by Gasteiger charge is 2.26. The SMILES string of the molecule is C/C=C/CN1CC(CCC)NCC1Cc1ccccc1. The zero-order chi connectivity index (χ0) is 14.2. The van der Waals surface area contributed by atoms with Gasteiger partial charge in [0.25, 0.3) is 0 Å². The Morgan fingerprint density at radius 3 is 2.80 bits per heavy atom. The molecule has 1 heterocycles. The molecule has 1 aliphatic rings. The maximum Gasteiger partial charge on any atom is 0.0265 e. The van der Waals surface area contributed by atoms with E-state index in [9.17, 15) is 0 Å². The Bertz CT molecular complexity index is 399. The van der Waals surface area contributed by atoms with Gasteiger partial charge in [0.15, 0.2) is 0 Å². The number of allylic oxidation sites excluding steroid dienone is 1. The molecular formula is C18H28N2. The van der Waals surface area contributed by atoms with Gasteiger partial charge in [0.2, 0.25) is 0 Å². The summed E-state index contributed by atoms with van der Waals surface area (Å²) in [5.74, 6) is 0. The molecule has 2 rings (SSSR count). The molecule has 0 aliphatic carbocycles. The number of hydrogen-bond acceptors (Lipinski definition) is 2. The first kappa shape index (κ1) is 15.3. The molecule has 0 radical (unpaired) electrons. The first-order valence-corrected chi connectivity index (χ1v) is 7.96. The average molecular weight is 272 g/mol. The average Bonchev–Trinajstić information content (AvgIpc) is 2.48. The highest BCUT2D eigenvalue weighted by atomic mass is 15.2. The smallest absolute Gasteiger partial charge is 0.0265 e. The van der Waals surface area contributed by atoms with E-state index in [0.717, 1.165) is 19.5 Å². The van der Waals surface area contributed by atoms with Gasteiger partial charge in [-0.15, -0.1) is 0 Å². The van der Waals surface area contributed by atoms with Crippen LogP contribution in [0.25, 0.3) is 0 Å². The molecule has 0 amide bonds. The summed E-state index contributed by atoms with van der Waals surface area (Å²) in [4.78, 5) is 2.64. The van der Waals surface area contributed by atoms with Crippen molar-refractivity contribution in [3.63, 3.8) is 0 Å². The fraction of sp³-hybridized carbons (Fsp3) is 0.556. The molecule has 1 saturated heterocycles. The molecule has 2 unspecified atom stereocenters. The third-order valence-corrected chi connectivity index (χ3v) is 4.14. The van der Waals surface area contributed by atoms with E-state index in [2.05, 4.69) is 66.5 Å². The monoisotopic (exact) mass is 272 g/mol. The lowest BCUT2D eigenvalue weighted by Gasteiger charge is -2.40. The Kier molecular flexibility index (Phi) is 6.28. The molecule has 2 heteroatoms. The lowest BCUT2D eigenvalue weighted by atomic mass is 9.99. The molecule has 0 spiro atoms. The van der Waals surface area contributed by atoms with Gasteiger partial charge in [-0.1, -0.05) is 55.8 Å². The van der Waals surface area contributed by atoms with Crippen molar-refractivity contribution in [2.45, 2.75) is 45.2 Å². The van der Waals surface area contributed by atoms with E-state index in [1.165, 1.54) is 24.9 Å². The first-order chi connectivity index (χ1) is 9.83. The zero-order valence-electron chi connectivity index (χ0n) is 12.9. The molecule has 2 nitrogen and oxygen atoms in total. The van der Waals surface area contributed by atoms with Crippen LogP contribution in [-0.4, -0.2) is 36.6 Å². The number of piperazine rings is 1. The first-order valence-electron chi connectivity index (χ1n) is 7.96. The third-order valence-electron chi connectivity index (χ3n) is 4.14. The third kappa shape index (κ3) is 4.46. The van der Waals surface area contributed by atoms with Crippen molar-refractivity contribution in [1.82, 2.24) is 10.2 Å². The van der Waals surface area contributed by atoms with E-state index in [0.29, 0.717) is 12.1 Å². The predicted molar refractivity (Wildman–Crippen MR) is 87.0 cm³/mol. The lowest BCUT2D eigenvalue weighted by molar-refractivity contribution is 0.140. The Balaban J connectivity index is 1.98. The molecule has 1 fully saturated rings. The van der Waals surface area contributed by atoms with Crippen LogP contribution in [-0.2, 0) is 6.42 Å². The molecule has 0 bridgehead atoms. The van der Waals surface area contributed by atoms with Crippen LogP contribution >= 0.6 is 0 Å². The summed E-state index contributed by atoms with van der Waals surface area (Å²) in [5.41, 5.74) is 1.44. The van der Waals surface area contributed by atoms with Gasteiger partial charge in [0, 0.05) is 31.7 Å². The molecule has 2 atom stereocenters. The molecule has 20 heavy (non-hydrogen) atoms. The van der Waals surface area contributed by atoms with Gasteiger partial charge < -0.3 is 5.32 Å². The standard InChI is InChI=1S/C18H28N2/c1-3-5-12-20-15-17(9-4-2)19-14-18(20)13-16-10-7-6-8-11-16/h3,5-8,10-11,17-19H,4,9,12-15H2,1-2H3/b5-3+. The van der Waals surface area contributed by atoms with E-state index in [-0.39, 0.29) is 0 Å². The van der Waals surface area contributed by atoms with Crippen molar-refractivity contribution < 1.29 is 0 Å². The summed E-state index contributed by atoms with van der Waals surface area (Å²) in [6.45, 7) is 7.74. The van der Waals surface area contributed by atoms with Crippen LogP contribution in [0.15, 0.2) is 42.5 Å². The highest BCUT2D eigenvalue weighted by Crippen LogP contribution is 2.15. The van der Waals surface area contributed by atoms with Crippen LogP contribution in [0.5, 0.6) is 0 Å². The number of hydrogen-bond donors (Lipinski definition) is 1. The van der Waals surface area contributed by atoms with Crippen molar-refractivity contribution in [1.29, 1.82) is 0 Å². The second-order valence-electron chi connectivity index (χ2n) is 5.76. The Hall–Kier alpha value is -1.12. The van der Waals surface area contributed by atoms with E-state index in [1.807, 2.05) is 0 Å². The van der Waals surface area contributed by atoms with Gasteiger partial charge >= 0.3 is 0 Å². The van der Waals surface area contributed by atoms with Gasteiger partial charge in [-0.05, 0) is 25.3 Å². The zero-order valence-corrected chi connectivity index (χ0v) is 12.9. The van der Waals surface area contributed by atoms with Crippen molar-refractivity contribution in [2.75, 3.05) is 19.6 Å². The highest BCUT2D eigenvalue weighted by molar-refractivity contribution is 5.16. The van der Waals surface area contributed by atoms with Crippen LogP contribution < -0.4 is 5.32 Å². The Morgan fingerprint density at radius 2 is 2.10 bits per heavy atom. The molecule has 110 valence electrons. The number of nitrogens with one attached hydrogen (secondary N) is 1. The minimum absolute atomic E-state index is 0.613. The van der Waals surface area contributed by atoms with Crippen LogP contribution in [0.4, 0.5) is 0 Å². The number of rotatable bonds is 6. The number of nitrogens with zero attached hydrogens (tertiary/aromatic N) is 1. The fourth-order valence-electron chi connectivity index (χ4n) is 3.02. The van der Waals surface area contributed by atoms with Gasteiger partial charge in [-0.3, -0.25) is 4.90 Å². The lowest BCUT2D eigenvalue weighted by Crippen LogP contribution is -2.57. The molecular weight excluding hydrogens is 244 g/mol. The summed E-state index contributed by atoms with van der Waals surface area (Å²) in [6.07, 6.45) is 8.13. The van der Waals surface area contributed by atoms with Gasteiger partial charge in [0.05, 0.1) is 0 Å². The van der Waals surface area contributed by atoms with Crippen molar-refractivity contribution in [3.05, 3.63) is 48.0 Å². The maximum atomic E-state index is 3.73. The van der Waals surface area contributed by atoms with Crippen LogP contribution in [0.1, 0.15) is 32.3 Å². The quantitative estimate of drug-likeness (QED) is 0.800. The molecule has 1 aromatic carbocycles. The minimum atomic E-state index is 0.613. The second-order valence-corrected chi connectivity index (χ2v) is 5.76. The normalized spacial score (nSPS) is 24.3. The molecule has 1 aliphatic heterocycles. The van der Waals surface area contributed by atoms with Crippen molar-refractivity contribution in [2.24, 2.45) is 0 Å². The summed E-state index contributed by atoms with van der Waals surface area (Å²) >= 11 is 0. The number of benzene rings is 1. The van der Waals surface area contributed by atoms with Crippen LogP contribution in [0, 0.1) is 0 Å². The summed E-state index contributed by atoms with van der Waals surface area (Å²) in [6, 6.07) is 12.1. The minimum Gasteiger partial charge on any atom is -0.311 e. The van der Waals surface area contributed by atoms with Gasteiger partial charge in [0.1, 0.15) is 0 Å². The fourth-order valence-corrected chi connectivity index (χ4v) is 3.02. The van der Waals surface area contributed by atoms with Crippen molar-refractivity contribution >= 4 is 0 Å². The van der Waals surface area contributed by atoms with E-state index < -0.39 is 0 Å². The Labute approximate surface area is 123 Å². The van der Waals surface area contributed by atoms with Crippen molar-refractivity contribution in [3.8, 4) is 0 Å². The molecule has 0 aromatic heterocycles. The summed E-state index contributed by atoms with van der Waals surface area (Å²) < 4.78 is 0. The van der Waals surface area contributed by atoms with E-state index in [1.54, 1.807) is 0 Å². The molecule has 1 N–H and O–H groups in total. The van der Waals surface area contributed by atoms with Gasteiger partial charge in [-0.2, -0.15) is 0 Å². The van der Waals surface area contributed by atoms with Crippen LogP contribution in [0.2, 0.25) is 0 Å². The van der Waals surface area contributed by atoms with Gasteiger partial charge in [-0.25, -0.2) is 0 Å². The summed E-state index contributed by atoms with van der Waals surface area (Å²) in [5, 5.41) is 3.73. The molecule has 0 saturated carbocycles. The molecule has 1 aromatic rings. The maximum absolute atomic E-state index is 3.73. The van der Waals surface area contributed by atoms with E-state index >= 15 is 0 Å². The topological polar surface area (TPSA) is 15.3 Å². The Morgan fingerprint density at radius 1 is 1.30 bits per heavy atom. The van der Waals surface area contributed by atoms with E-state index in [4.69, 9.17) is 0 Å². The van der Waals surface area contributed by atoms with Crippen LogP contribution in [0.3, 0.4) is 0 Å². The summed E-state index contributed by atoms with van der Waals surface area (Å²) in [7, 11) is 0.